The zero-order chi connectivity index (χ0) is 18.2. The molecule has 0 unspecified atom stereocenters. The van der Waals surface area contributed by atoms with Crippen LogP contribution in [0.15, 0.2) is 23.2 Å². The Morgan fingerprint density at radius 2 is 2.04 bits per heavy atom. The number of aryl methyl sites for hydroxylation is 1. The Hall–Kier alpha value is -2.04. The summed E-state index contributed by atoms with van der Waals surface area (Å²) in [6.07, 6.45) is 0.790. The van der Waals surface area contributed by atoms with Crippen molar-refractivity contribution in [3.05, 3.63) is 29.3 Å². The van der Waals surface area contributed by atoms with Gasteiger partial charge in [0.1, 0.15) is 5.75 Å². The summed E-state index contributed by atoms with van der Waals surface area (Å²) in [4.78, 5) is 28.3. The van der Waals surface area contributed by atoms with Crippen LogP contribution in [-0.4, -0.2) is 63.1 Å². The lowest BCUT2D eigenvalue weighted by Gasteiger charge is -2.16. The third kappa shape index (κ3) is 6.04. The molecule has 0 aliphatic carbocycles. The molecule has 1 aliphatic rings. The summed E-state index contributed by atoms with van der Waals surface area (Å²) >= 11 is 0. The van der Waals surface area contributed by atoms with Crippen molar-refractivity contribution in [1.29, 1.82) is 0 Å². The lowest BCUT2D eigenvalue weighted by atomic mass is 10.1. The van der Waals surface area contributed by atoms with Gasteiger partial charge in [0.2, 0.25) is 5.91 Å². The number of halogens is 1. The maximum absolute atomic E-state index is 11.5. The van der Waals surface area contributed by atoms with Gasteiger partial charge in [0.25, 0.3) is 0 Å². The fourth-order valence-electron chi connectivity index (χ4n) is 2.61. The zero-order valence-electron chi connectivity index (χ0n) is 15.3. The SMILES string of the molecule is CN=C(NCCc1cc(C)ccc1OC)NCCN1C(=O)CNC1=O.I. The van der Waals surface area contributed by atoms with Gasteiger partial charge in [-0.2, -0.15) is 0 Å². The number of carbonyl (C=O) groups is 2. The van der Waals surface area contributed by atoms with E-state index in [1.54, 1.807) is 14.2 Å². The molecule has 8 nitrogen and oxygen atoms in total. The molecule has 3 amide bonds. The maximum atomic E-state index is 11.5. The molecular weight excluding hydrogens is 449 g/mol. The number of guanidine groups is 1. The van der Waals surface area contributed by atoms with Gasteiger partial charge < -0.3 is 20.7 Å². The van der Waals surface area contributed by atoms with Crippen molar-refractivity contribution in [2.45, 2.75) is 13.3 Å². The van der Waals surface area contributed by atoms with Gasteiger partial charge in [0, 0.05) is 26.7 Å². The van der Waals surface area contributed by atoms with Gasteiger partial charge in [0.05, 0.1) is 13.7 Å². The molecule has 0 atom stereocenters. The van der Waals surface area contributed by atoms with Gasteiger partial charge in [-0.3, -0.25) is 14.7 Å². The number of benzene rings is 1. The number of nitrogens with zero attached hydrogens (tertiary/aromatic N) is 2. The minimum atomic E-state index is -0.346. The van der Waals surface area contributed by atoms with Crippen molar-refractivity contribution in [2.24, 2.45) is 4.99 Å². The second kappa shape index (κ2) is 10.8. The number of hydrogen-bond donors (Lipinski definition) is 3. The summed E-state index contributed by atoms with van der Waals surface area (Å²) in [5.74, 6) is 1.29. The zero-order valence-corrected chi connectivity index (χ0v) is 17.6. The third-order valence-electron chi connectivity index (χ3n) is 3.91. The molecule has 2 rings (SSSR count). The topological polar surface area (TPSA) is 95.1 Å². The van der Waals surface area contributed by atoms with Crippen LogP contribution in [0.5, 0.6) is 5.75 Å². The van der Waals surface area contributed by atoms with Crippen molar-refractivity contribution in [1.82, 2.24) is 20.9 Å². The van der Waals surface area contributed by atoms with Crippen LogP contribution in [-0.2, 0) is 11.2 Å². The van der Waals surface area contributed by atoms with Crippen molar-refractivity contribution >= 4 is 41.9 Å². The Kier molecular flexibility index (Phi) is 9.17. The van der Waals surface area contributed by atoms with E-state index in [1.165, 1.54) is 10.5 Å². The van der Waals surface area contributed by atoms with E-state index in [1.807, 2.05) is 19.1 Å². The summed E-state index contributed by atoms with van der Waals surface area (Å²) in [6.45, 7) is 3.54. The number of imide groups is 1. The molecule has 3 N–H and O–H groups in total. The molecule has 1 fully saturated rings. The van der Waals surface area contributed by atoms with Crippen molar-refractivity contribution in [3.63, 3.8) is 0 Å². The fourth-order valence-corrected chi connectivity index (χ4v) is 2.61. The van der Waals surface area contributed by atoms with Crippen LogP contribution in [0.4, 0.5) is 4.79 Å². The number of amides is 3. The fraction of sp³-hybridized carbons (Fsp3) is 0.471. The van der Waals surface area contributed by atoms with Gasteiger partial charge in [-0.05, 0) is 25.0 Å². The first-order valence-electron chi connectivity index (χ1n) is 8.21. The highest BCUT2D eigenvalue weighted by atomic mass is 127. The van der Waals surface area contributed by atoms with E-state index < -0.39 is 0 Å². The molecular formula is C17H26IN5O3. The maximum Gasteiger partial charge on any atom is 0.324 e. The molecule has 9 heteroatoms. The van der Waals surface area contributed by atoms with E-state index in [9.17, 15) is 9.59 Å². The lowest BCUT2D eigenvalue weighted by Crippen LogP contribution is -2.43. The Bertz CT molecular complexity index is 650. The van der Waals surface area contributed by atoms with Gasteiger partial charge in [-0.25, -0.2) is 4.79 Å². The number of hydrogen-bond acceptors (Lipinski definition) is 4. The monoisotopic (exact) mass is 475 g/mol. The summed E-state index contributed by atoms with van der Waals surface area (Å²) in [6, 6.07) is 5.75. The number of rotatable bonds is 7. The van der Waals surface area contributed by atoms with Crippen molar-refractivity contribution in [2.75, 3.05) is 40.3 Å². The van der Waals surface area contributed by atoms with Gasteiger partial charge in [-0.1, -0.05) is 17.7 Å². The molecule has 0 aromatic heterocycles. The number of aliphatic imine (C=N–C) groups is 1. The van der Waals surface area contributed by atoms with Crippen LogP contribution in [0.25, 0.3) is 0 Å². The van der Waals surface area contributed by atoms with E-state index in [-0.39, 0.29) is 42.5 Å². The first-order valence-corrected chi connectivity index (χ1v) is 8.21. The second-order valence-electron chi connectivity index (χ2n) is 5.70. The van der Waals surface area contributed by atoms with Gasteiger partial charge in [0.15, 0.2) is 5.96 Å². The molecule has 1 aliphatic heterocycles. The van der Waals surface area contributed by atoms with Gasteiger partial charge >= 0.3 is 6.03 Å². The molecule has 0 radical (unpaired) electrons. The first-order chi connectivity index (χ1) is 12.0. The molecule has 0 spiro atoms. The van der Waals surface area contributed by atoms with Crippen LogP contribution in [0.1, 0.15) is 11.1 Å². The molecule has 26 heavy (non-hydrogen) atoms. The normalized spacial score (nSPS) is 14.0. The highest BCUT2D eigenvalue weighted by Crippen LogP contribution is 2.19. The number of nitrogens with one attached hydrogen (secondary N) is 3. The third-order valence-corrected chi connectivity index (χ3v) is 3.91. The molecule has 1 saturated heterocycles. The molecule has 144 valence electrons. The molecule has 1 aromatic rings. The molecule has 0 bridgehead atoms. The number of methoxy groups -OCH3 is 1. The van der Waals surface area contributed by atoms with Crippen LogP contribution in [0.3, 0.4) is 0 Å². The highest BCUT2D eigenvalue weighted by molar-refractivity contribution is 14.0. The van der Waals surface area contributed by atoms with E-state index >= 15 is 0 Å². The van der Waals surface area contributed by atoms with Crippen LogP contribution < -0.4 is 20.7 Å². The van der Waals surface area contributed by atoms with Crippen molar-refractivity contribution in [3.8, 4) is 5.75 Å². The second-order valence-corrected chi connectivity index (χ2v) is 5.70. The van der Waals surface area contributed by atoms with Crippen LogP contribution in [0.2, 0.25) is 0 Å². The predicted molar refractivity (Wildman–Crippen MR) is 111 cm³/mol. The number of ether oxygens (including phenoxy) is 1. The average Bonchev–Trinajstić information content (AvgIpc) is 2.92. The molecule has 1 heterocycles. The molecule has 0 saturated carbocycles. The van der Waals surface area contributed by atoms with E-state index in [0.29, 0.717) is 25.6 Å². The lowest BCUT2D eigenvalue weighted by molar-refractivity contribution is -0.124. The standard InChI is InChI=1S/C17H25N5O3.HI/c1-12-4-5-14(25-3)13(10-12)6-7-19-16(18-2)20-8-9-22-15(23)11-21-17(22)24;/h4-5,10H,6-9,11H2,1-3H3,(H,21,24)(H2,18,19,20);1H. The smallest absolute Gasteiger partial charge is 0.324 e. The van der Waals surface area contributed by atoms with E-state index in [0.717, 1.165) is 17.7 Å². The van der Waals surface area contributed by atoms with E-state index in [4.69, 9.17) is 4.74 Å². The Morgan fingerprint density at radius 1 is 1.31 bits per heavy atom. The Morgan fingerprint density at radius 3 is 2.65 bits per heavy atom. The van der Waals surface area contributed by atoms with Crippen molar-refractivity contribution < 1.29 is 14.3 Å². The minimum Gasteiger partial charge on any atom is -0.496 e. The minimum absolute atomic E-state index is 0. The van der Waals surface area contributed by atoms with E-state index in [2.05, 4.69) is 27.0 Å². The number of urea groups is 1. The van der Waals surface area contributed by atoms with Gasteiger partial charge in [-0.15, -0.1) is 24.0 Å². The quantitative estimate of drug-likeness (QED) is 0.236. The van der Waals surface area contributed by atoms with Crippen LogP contribution in [0, 0.1) is 6.92 Å². The molecule has 1 aromatic carbocycles. The van der Waals surface area contributed by atoms with Crippen LogP contribution >= 0.6 is 24.0 Å². The summed E-state index contributed by atoms with van der Waals surface area (Å²) in [5.41, 5.74) is 2.32. The first kappa shape index (κ1) is 22.0. The number of carbonyl (C=O) groups excluding carboxylic acids is 2. The average molecular weight is 475 g/mol. The summed E-state index contributed by atoms with van der Waals surface area (Å²) in [5, 5.41) is 8.80. The summed E-state index contributed by atoms with van der Waals surface area (Å²) < 4.78 is 5.38. The highest BCUT2D eigenvalue weighted by Gasteiger charge is 2.27. The largest absolute Gasteiger partial charge is 0.496 e. The summed E-state index contributed by atoms with van der Waals surface area (Å²) in [7, 11) is 3.34. The predicted octanol–water partition coefficient (Wildman–Crippen LogP) is 0.881. The Balaban J connectivity index is 0.00000338. The Labute approximate surface area is 170 Å².